The fourth-order valence-corrected chi connectivity index (χ4v) is 3.07. The zero-order chi connectivity index (χ0) is 14.8. The van der Waals surface area contributed by atoms with Gasteiger partial charge in [0.15, 0.2) is 0 Å². The number of rotatable bonds is 4. The number of nitrogens with two attached hydrogens (primary N) is 1. The zero-order valence-electron chi connectivity index (χ0n) is 12.2. The Kier molecular flexibility index (Phi) is 4.43. The fourth-order valence-electron chi connectivity index (χ4n) is 3.07. The first-order chi connectivity index (χ1) is 9.50. The highest BCUT2D eigenvalue weighted by Gasteiger charge is 2.42. The standard InChI is InChI=1S/C16H23FN2O/c1-12(13-5-7-14(17)8-6-13)19(2)15(20)16(11-18)9-3-4-10-16/h5-8,12H,3-4,9-11,18H2,1-2H3. The highest BCUT2D eigenvalue weighted by Crippen LogP contribution is 2.40. The molecule has 4 heteroatoms. The summed E-state index contributed by atoms with van der Waals surface area (Å²) >= 11 is 0. The SMILES string of the molecule is CC(c1ccc(F)cc1)N(C)C(=O)C1(CN)CCCC1. The lowest BCUT2D eigenvalue weighted by molar-refractivity contribution is -0.142. The third-order valence-corrected chi connectivity index (χ3v) is 4.66. The van der Waals surface area contributed by atoms with Crippen LogP contribution in [0.15, 0.2) is 24.3 Å². The maximum atomic E-state index is 13.0. The molecule has 0 radical (unpaired) electrons. The Morgan fingerprint density at radius 1 is 1.35 bits per heavy atom. The fraction of sp³-hybridized carbons (Fsp3) is 0.562. The molecule has 0 saturated heterocycles. The van der Waals surface area contributed by atoms with Crippen LogP contribution in [0.25, 0.3) is 0 Å². The first kappa shape index (κ1) is 15.0. The van der Waals surface area contributed by atoms with Gasteiger partial charge in [-0.15, -0.1) is 0 Å². The van der Waals surface area contributed by atoms with Crippen molar-refractivity contribution in [3.63, 3.8) is 0 Å². The van der Waals surface area contributed by atoms with Gasteiger partial charge >= 0.3 is 0 Å². The Morgan fingerprint density at radius 2 is 1.90 bits per heavy atom. The van der Waals surface area contributed by atoms with Crippen LogP contribution < -0.4 is 5.73 Å². The number of hydrogen-bond donors (Lipinski definition) is 1. The van der Waals surface area contributed by atoms with Gasteiger partial charge in [-0.3, -0.25) is 4.79 Å². The van der Waals surface area contributed by atoms with Crippen LogP contribution in [0.5, 0.6) is 0 Å². The van der Waals surface area contributed by atoms with Crippen LogP contribution in [0.4, 0.5) is 4.39 Å². The molecule has 0 bridgehead atoms. The minimum atomic E-state index is -0.386. The van der Waals surface area contributed by atoms with E-state index in [1.54, 1.807) is 17.0 Å². The van der Waals surface area contributed by atoms with E-state index >= 15 is 0 Å². The number of amides is 1. The first-order valence-electron chi connectivity index (χ1n) is 7.23. The van der Waals surface area contributed by atoms with Crippen molar-refractivity contribution in [3.8, 4) is 0 Å². The molecule has 20 heavy (non-hydrogen) atoms. The van der Waals surface area contributed by atoms with E-state index in [0.717, 1.165) is 31.2 Å². The summed E-state index contributed by atoms with van der Waals surface area (Å²) < 4.78 is 13.0. The van der Waals surface area contributed by atoms with Crippen LogP contribution in [0, 0.1) is 11.2 Å². The lowest BCUT2D eigenvalue weighted by Gasteiger charge is -2.35. The lowest BCUT2D eigenvalue weighted by atomic mass is 9.84. The minimum absolute atomic E-state index is 0.0767. The van der Waals surface area contributed by atoms with Gasteiger partial charge in [0.05, 0.1) is 11.5 Å². The van der Waals surface area contributed by atoms with Crippen molar-refractivity contribution >= 4 is 5.91 Å². The van der Waals surface area contributed by atoms with Crippen molar-refractivity contribution in [3.05, 3.63) is 35.6 Å². The predicted molar refractivity (Wildman–Crippen MR) is 77.5 cm³/mol. The zero-order valence-corrected chi connectivity index (χ0v) is 12.2. The van der Waals surface area contributed by atoms with E-state index in [9.17, 15) is 9.18 Å². The van der Waals surface area contributed by atoms with Gasteiger partial charge in [-0.05, 0) is 37.5 Å². The molecule has 1 aromatic rings. The molecule has 1 unspecified atom stereocenters. The van der Waals surface area contributed by atoms with Crippen LogP contribution in [0.1, 0.15) is 44.2 Å². The van der Waals surface area contributed by atoms with E-state index in [2.05, 4.69) is 0 Å². The predicted octanol–water partition coefficient (Wildman–Crippen LogP) is 2.86. The summed E-state index contributed by atoms with van der Waals surface area (Å²) in [5, 5.41) is 0. The second-order valence-electron chi connectivity index (χ2n) is 5.84. The third kappa shape index (κ3) is 2.70. The monoisotopic (exact) mass is 278 g/mol. The summed E-state index contributed by atoms with van der Waals surface area (Å²) in [7, 11) is 1.81. The lowest BCUT2D eigenvalue weighted by Crippen LogP contribution is -2.45. The summed E-state index contributed by atoms with van der Waals surface area (Å²) in [5.74, 6) is -0.140. The molecule has 2 rings (SSSR count). The topological polar surface area (TPSA) is 46.3 Å². The molecule has 1 aliphatic rings. The maximum absolute atomic E-state index is 13.0. The average molecular weight is 278 g/mol. The quantitative estimate of drug-likeness (QED) is 0.920. The van der Waals surface area contributed by atoms with Crippen molar-refractivity contribution in [2.45, 2.75) is 38.6 Å². The molecule has 0 aliphatic heterocycles. The van der Waals surface area contributed by atoms with Gasteiger partial charge in [0.2, 0.25) is 5.91 Å². The number of carbonyl (C=O) groups excluding carboxylic acids is 1. The van der Waals surface area contributed by atoms with E-state index < -0.39 is 0 Å². The summed E-state index contributed by atoms with van der Waals surface area (Å²) in [4.78, 5) is 14.5. The molecule has 0 spiro atoms. The van der Waals surface area contributed by atoms with E-state index in [0.29, 0.717) is 6.54 Å². The van der Waals surface area contributed by atoms with Crippen molar-refractivity contribution in [2.75, 3.05) is 13.6 Å². The van der Waals surface area contributed by atoms with Gasteiger partial charge in [-0.25, -0.2) is 4.39 Å². The molecule has 2 N–H and O–H groups in total. The molecule has 3 nitrogen and oxygen atoms in total. The number of hydrogen-bond acceptors (Lipinski definition) is 2. The number of benzene rings is 1. The van der Waals surface area contributed by atoms with E-state index in [4.69, 9.17) is 5.73 Å². The van der Waals surface area contributed by atoms with Crippen LogP contribution in [-0.4, -0.2) is 24.4 Å². The van der Waals surface area contributed by atoms with E-state index in [1.807, 2.05) is 14.0 Å². The molecule has 1 aromatic carbocycles. The molecule has 1 saturated carbocycles. The Bertz CT molecular complexity index is 466. The maximum Gasteiger partial charge on any atom is 0.230 e. The van der Waals surface area contributed by atoms with Gasteiger partial charge < -0.3 is 10.6 Å². The summed E-state index contributed by atoms with van der Waals surface area (Å²) in [6.45, 7) is 2.37. The Morgan fingerprint density at radius 3 is 2.40 bits per heavy atom. The third-order valence-electron chi connectivity index (χ3n) is 4.66. The first-order valence-corrected chi connectivity index (χ1v) is 7.23. The molecule has 1 fully saturated rings. The van der Waals surface area contributed by atoms with Gasteiger partial charge in [-0.1, -0.05) is 25.0 Å². The molecule has 110 valence electrons. The van der Waals surface area contributed by atoms with Gasteiger partial charge in [0.1, 0.15) is 5.82 Å². The second-order valence-corrected chi connectivity index (χ2v) is 5.84. The molecule has 1 aliphatic carbocycles. The molecule has 1 atom stereocenters. The number of carbonyl (C=O) groups is 1. The molecular weight excluding hydrogens is 255 g/mol. The Hall–Kier alpha value is -1.42. The van der Waals surface area contributed by atoms with Gasteiger partial charge in [0, 0.05) is 13.6 Å². The molecule has 0 aromatic heterocycles. The van der Waals surface area contributed by atoms with Crippen molar-refractivity contribution in [1.29, 1.82) is 0 Å². The highest BCUT2D eigenvalue weighted by molar-refractivity contribution is 5.83. The second kappa shape index (κ2) is 5.92. The summed E-state index contributed by atoms with van der Waals surface area (Å²) in [6, 6.07) is 6.24. The van der Waals surface area contributed by atoms with Crippen LogP contribution in [-0.2, 0) is 4.79 Å². The summed E-state index contributed by atoms with van der Waals surface area (Å²) in [5.41, 5.74) is 6.42. The van der Waals surface area contributed by atoms with Gasteiger partial charge in [0.25, 0.3) is 0 Å². The summed E-state index contributed by atoms with van der Waals surface area (Å²) in [6.07, 6.45) is 3.90. The minimum Gasteiger partial charge on any atom is -0.338 e. The number of nitrogens with zero attached hydrogens (tertiary/aromatic N) is 1. The molecular formula is C16H23FN2O. The van der Waals surface area contributed by atoms with Gasteiger partial charge in [-0.2, -0.15) is 0 Å². The molecule has 1 amide bonds. The average Bonchev–Trinajstić information content (AvgIpc) is 2.96. The van der Waals surface area contributed by atoms with Crippen LogP contribution >= 0.6 is 0 Å². The largest absolute Gasteiger partial charge is 0.338 e. The van der Waals surface area contributed by atoms with E-state index in [-0.39, 0.29) is 23.2 Å². The normalized spacial score (nSPS) is 18.8. The Labute approximate surface area is 120 Å². The van der Waals surface area contributed by atoms with Crippen LogP contribution in [0.3, 0.4) is 0 Å². The van der Waals surface area contributed by atoms with Crippen molar-refractivity contribution < 1.29 is 9.18 Å². The molecule has 0 heterocycles. The van der Waals surface area contributed by atoms with E-state index in [1.165, 1.54) is 12.1 Å². The number of halogens is 1. The van der Waals surface area contributed by atoms with Crippen molar-refractivity contribution in [1.82, 2.24) is 4.90 Å². The highest BCUT2D eigenvalue weighted by atomic mass is 19.1. The Balaban J connectivity index is 2.15. The van der Waals surface area contributed by atoms with Crippen LogP contribution in [0.2, 0.25) is 0 Å². The van der Waals surface area contributed by atoms with Crippen molar-refractivity contribution in [2.24, 2.45) is 11.1 Å². The smallest absolute Gasteiger partial charge is 0.230 e.